The van der Waals surface area contributed by atoms with Crippen molar-refractivity contribution < 1.29 is 27.4 Å². The Balaban J connectivity index is 1.93. The first-order chi connectivity index (χ1) is 15.8. The van der Waals surface area contributed by atoms with E-state index in [2.05, 4.69) is 24.9 Å². The SMILES string of the molecule is COCC(COC)n1c(NS(=O)(=O)C(C)C(OC)c2ncc(Cl)cn2)nnc1[C@@H]1CCOC1. The molecular weight excluding hydrogens is 476 g/mol. The Hall–Kier alpha value is -1.90. The maximum atomic E-state index is 13.3. The van der Waals surface area contributed by atoms with E-state index in [9.17, 15) is 8.42 Å². The van der Waals surface area contributed by atoms with Gasteiger partial charge in [0.1, 0.15) is 17.2 Å². The molecule has 3 rings (SSSR count). The Morgan fingerprint density at radius 1 is 1.21 bits per heavy atom. The highest BCUT2D eigenvalue weighted by Crippen LogP contribution is 2.30. The molecule has 2 aromatic rings. The van der Waals surface area contributed by atoms with Crippen molar-refractivity contribution in [3.05, 3.63) is 29.1 Å². The zero-order valence-corrected chi connectivity index (χ0v) is 20.5. The number of nitrogens with zero attached hydrogens (tertiary/aromatic N) is 5. The normalized spacial score (nSPS) is 18.5. The predicted molar refractivity (Wildman–Crippen MR) is 120 cm³/mol. The average Bonchev–Trinajstić information content (AvgIpc) is 3.45. The molecule has 0 amide bonds. The zero-order valence-electron chi connectivity index (χ0n) is 19.0. The van der Waals surface area contributed by atoms with Gasteiger partial charge in [-0.15, -0.1) is 10.2 Å². The Morgan fingerprint density at radius 3 is 2.42 bits per heavy atom. The van der Waals surface area contributed by atoms with Gasteiger partial charge in [0.05, 0.1) is 30.9 Å². The number of rotatable bonds is 12. The van der Waals surface area contributed by atoms with E-state index in [1.807, 2.05) is 0 Å². The smallest absolute Gasteiger partial charge is 0.240 e. The van der Waals surface area contributed by atoms with Crippen molar-refractivity contribution in [2.45, 2.75) is 36.7 Å². The summed E-state index contributed by atoms with van der Waals surface area (Å²) >= 11 is 5.85. The molecule has 3 atom stereocenters. The topological polar surface area (TPSA) is 140 Å². The van der Waals surface area contributed by atoms with Crippen LogP contribution in [0.1, 0.15) is 43.1 Å². The molecule has 0 spiro atoms. The van der Waals surface area contributed by atoms with E-state index in [4.69, 9.17) is 30.5 Å². The number of sulfonamides is 1. The minimum Gasteiger partial charge on any atom is -0.382 e. The van der Waals surface area contributed by atoms with E-state index in [0.29, 0.717) is 24.1 Å². The molecule has 14 heteroatoms. The van der Waals surface area contributed by atoms with Crippen LogP contribution in [0.5, 0.6) is 0 Å². The van der Waals surface area contributed by atoms with E-state index in [0.717, 1.165) is 6.42 Å². The second-order valence-electron chi connectivity index (χ2n) is 7.64. The molecule has 0 aromatic carbocycles. The maximum absolute atomic E-state index is 13.3. The Morgan fingerprint density at radius 2 is 1.88 bits per heavy atom. The highest BCUT2D eigenvalue weighted by atomic mass is 35.5. The first-order valence-electron chi connectivity index (χ1n) is 10.3. The lowest BCUT2D eigenvalue weighted by atomic mass is 10.1. The van der Waals surface area contributed by atoms with Gasteiger partial charge in [0.2, 0.25) is 16.0 Å². The lowest BCUT2D eigenvalue weighted by Gasteiger charge is -2.25. The molecule has 1 N–H and O–H groups in total. The molecule has 2 unspecified atom stereocenters. The molecule has 3 heterocycles. The third-order valence-corrected chi connectivity index (χ3v) is 7.29. The van der Waals surface area contributed by atoms with Gasteiger partial charge in [-0.1, -0.05) is 11.6 Å². The van der Waals surface area contributed by atoms with E-state index in [-0.39, 0.29) is 36.9 Å². The molecule has 2 aromatic heterocycles. The average molecular weight is 505 g/mol. The molecule has 0 aliphatic carbocycles. The van der Waals surface area contributed by atoms with Crippen molar-refractivity contribution in [1.29, 1.82) is 0 Å². The summed E-state index contributed by atoms with van der Waals surface area (Å²) in [7, 11) is 0.512. The van der Waals surface area contributed by atoms with Crippen LogP contribution in [-0.2, 0) is 29.0 Å². The molecule has 0 bridgehead atoms. The van der Waals surface area contributed by atoms with Crippen LogP contribution in [0.15, 0.2) is 12.4 Å². The zero-order chi connectivity index (χ0) is 24.0. The standard InChI is InChI=1S/C19H29ClN6O6S/c1-12(16(31-4)17-21-7-14(20)8-22-17)33(27,28)25-19-24-23-18(13-5-6-32-9-13)26(19)15(10-29-2)11-30-3/h7-8,12-13,15-16H,5-6,9-11H2,1-4H3,(H,24,25)/t12?,13-,16?/m1/s1. The third-order valence-electron chi connectivity index (χ3n) is 5.40. The monoisotopic (exact) mass is 504 g/mol. The summed E-state index contributed by atoms with van der Waals surface area (Å²) in [6.45, 7) is 3.13. The maximum Gasteiger partial charge on any atom is 0.240 e. The number of hydrogen-bond acceptors (Lipinski definition) is 10. The van der Waals surface area contributed by atoms with Crippen LogP contribution in [0, 0.1) is 0 Å². The fourth-order valence-corrected chi connectivity index (χ4v) is 4.93. The molecule has 1 saturated heterocycles. The van der Waals surface area contributed by atoms with Crippen LogP contribution in [0.25, 0.3) is 0 Å². The Bertz CT molecular complexity index is 993. The summed E-state index contributed by atoms with van der Waals surface area (Å²) in [5, 5.41) is 7.71. The van der Waals surface area contributed by atoms with Crippen molar-refractivity contribution in [2.75, 3.05) is 52.5 Å². The van der Waals surface area contributed by atoms with Gasteiger partial charge in [0.15, 0.2) is 5.82 Å². The van der Waals surface area contributed by atoms with E-state index < -0.39 is 21.4 Å². The van der Waals surface area contributed by atoms with Gasteiger partial charge in [-0.2, -0.15) is 0 Å². The predicted octanol–water partition coefficient (Wildman–Crippen LogP) is 1.58. The van der Waals surface area contributed by atoms with Gasteiger partial charge < -0.3 is 18.9 Å². The molecule has 184 valence electrons. The summed E-state index contributed by atoms with van der Waals surface area (Å²) in [5.41, 5.74) is 0. The van der Waals surface area contributed by atoms with E-state index in [1.165, 1.54) is 26.4 Å². The van der Waals surface area contributed by atoms with Crippen LogP contribution >= 0.6 is 11.6 Å². The lowest BCUT2D eigenvalue weighted by molar-refractivity contribution is 0.0880. The molecule has 1 aliphatic heterocycles. The van der Waals surface area contributed by atoms with Gasteiger partial charge in [-0.25, -0.2) is 18.4 Å². The van der Waals surface area contributed by atoms with Gasteiger partial charge in [0, 0.05) is 46.2 Å². The highest BCUT2D eigenvalue weighted by Gasteiger charge is 2.36. The molecule has 0 radical (unpaired) electrons. The molecule has 1 fully saturated rings. The molecule has 1 aliphatic rings. The molecule has 33 heavy (non-hydrogen) atoms. The van der Waals surface area contributed by atoms with Crippen LogP contribution in [0.2, 0.25) is 5.02 Å². The van der Waals surface area contributed by atoms with E-state index >= 15 is 0 Å². The van der Waals surface area contributed by atoms with Gasteiger partial charge in [-0.3, -0.25) is 9.29 Å². The number of halogens is 1. The fourth-order valence-electron chi connectivity index (χ4n) is 3.69. The quantitative estimate of drug-likeness (QED) is 0.453. The Kier molecular flexibility index (Phi) is 8.95. The summed E-state index contributed by atoms with van der Waals surface area (Å²) in [4.78, 5) is 8.20. The number of methoxy groups -OCH3 is 3. The van der Waals surface area contributed by atoms with Crippen LogP contribution in [0.4, 0.5) is 5.95 Å². The van der Waals surface area contributed by atoms with E-state index in [1.54, 1.807) is 18.8 Å². The summed E-state index contributed by atoms with van der Waals surface area (Å²) in [5.74, 6) is 0.858. The second-order valence-corrected chi connectivity index (χ2v) is 10.1. The van der Waals surface area contributed by atoms with Crippen LogP contribution in [-0.4, -0.2) is 86.2 Å². The van der Waals surface area contributed by atoms with Crippen LogP contribution in [0.3, 0.4) is 0 Å². The minimum absolute atomic E-state index is 0.0152. The van der Waals surface area contributed by atoms with Crippen molar-refractivity contribution >= 4 is 27.6 Å². The summed E-state index contributed by atoms with van der Waals surface area (Å²) in [6, 6.07) is -0.351. The summed E-state index contributed by atoms with van der Waals surface area (Å²) < 4.78 is 52.5. The van der Waals surface area contributed by atoms with Crippen molar-refractivity contribution in [1.82, 2.24) is 24.7 Å². The van der Waals surface area contributed by atoms with Crippen molar-refractivity contribution in [3.8, 4) is 0 Å². The number of aromatic nitrogens is 5. The third kappa shape index (κ3) is 5.97. The van der Waals surface area contributed by atoms with Crippen LogP contribution < -0.4 is 4.72 Å². The number of hydrogen-bond donors (Lipinski definition) is 1. The minimum atomic E-state index is -4.00. The second kappa shape index (κ2) is 11.5. The Labute approximate surface area is 198 Å². The van der Waals surface area contributed by atoms with Gasteiger partial charge in [-0.05, 0) is 13.3 Å². The first kappa shape index (κ1) is 25.7. The number of nitrogens with one attached hydrogen (secondary N) is 1. The van der Waals surface area contributed by atoms with Gasteiger partial charge in [0.25, 0.3) is 0 Å². The molecule has 12 nitrogen and oxygen atoms in total. The highest BCUT2D eigenvalue weighted by molar-refractivity contribution is 7.93. The largest absolute Gasteiger partial charge is 0.382 e. The van der Waals surface area contributed by atoms with Gasteiger partial charge >= 0.3 is 0 Å². The fraction of sp³-hybridized carbons (Fsp3) is 0.684. The lowest BCUT2D eigenvalue weighted by Crippen LogP contribution is -2.34. The molecular formula is C19H29ClN6O6S. The summed E-state index contributed by atoms with van der Waals surface area (Å²) in [6.07, 6.45) is 2.59. The number of ether oxygens (including phenoxy) is 4. The molecule has 0 saturated carbocycles. The number of anilines is 1. The first-order valence-corrected chi connectivity index (χ1v) is 12.3. The van der Waals surface area contributed by atoms with Crippen molar-refractivity contribution in [2.24, 2.45) is 0 Å². The van der Waals surface area contributed by atoms with Crippen molar-refractivity contribution in [3.63, 3.8) is 0 Å².